The number of nitrogens with zero attached hydrogens (tertiary/aromatic N) is 1. The zero-order valence-electron chi connectivity index (χ0n) is 10.9. The predicted octanol–water partition coefficient (Wildman–Crippen LogP) is 3.79. The Bertz CT molecular complexity index is 390. The van der Waals surface area contributed by atoms with Crippen molar-refractivity contribution in [2.45, 2.75) is 38.5 Å². The Morgan fingerprint density at radius 3 is 2.47 bits per heavy atom. The van der Waals surface area contributed by atoms with Gasteiger partial charge in [-0.3, -0.25) is 4.79 Å². The van der Waals surface area contributed by atoms with Gasteiger partial charge in [0.15, 0.2) is 0 Å². The van der Waals surface area contributed by atoms with Gasteiger partial charge in [0.2, 0.25) is 5.91 Å². The first kappa shape index (κ1) is 14.0. The molecule has 0 bridgehead atoms. The number of halogens is 1. The van der Waals surface area contributed by atoms with Crippen LogP contribution in [0.5, 0.6) is 0 Å². The Hall–Kier alpha value is -1.02. The van der Waals surface area contributed by atoms with Gasteiger partial charge < -0.3 is 4.90 Å². The van der Waals surface area contributed by atoms with Crippen molar-refractivity contribution in [2.24, 2.45) is 0 Å². The third-order valence-corrected chi connectivity index (χ3v) is 3.30. The molecule has 0 heterocycles. The fourth-order valence-corrected chi connectivity index (χ4v) is 1.96. The van der Waals surface area contributed by atoms with Crippen LogP contribution in [0.25, 0.3) is 0 Å². The maximum absolute atomic E-state index is 11.9. The molecule has 0 radical (unpaired) electrons. The molecular formula is C14H20ClNO. The van der Waals surface area contributed by atoms with Gasteiger partial charge in [0, 0.05) is 12.7 Å². The highest BCUT2D eigenvalue weighted by Crippen LogP contribution is 2.29. The summed E-state index contributed by atoms with van der Waals surface area (Å²) in [7, 11) is 1.78. The van der Waals surface area contributed by atoms with Gasteiger partial charge >= 0.3 is 0 Å². The van der Waals surface area contributed by atoms with Gasteiger partial charge in [-0.15, -0.1) is 11.6 Å². The lowest BCUT2D eigenvalue weighted by atomic mass is 9.96. The van der Waals surface area contributed by atoms with E-state index in [0.717, 1.165) is 12.1 Å². The Labute approximate surface area is 109 Å². The Morgan fingerprint density at radius 1 is 1.35 bits per heavy atom. The van der Waals surface area contributed by atoms with E-state index < -0.39 is 5.38 Å². The Balaban J connectivity index is 3.09. The van der Waals surface area contributed by atoms with Gasteiger partial charge in [-0.2, -0.15) is 0 Å². The van der Waals surface area contributed by atoms with Crippen molar-refractivity contribution in [1.29, 1.82) is 0 Å². The van der Waals surface area contributed by atoms with Crippen LogP contribution in [0, 0.1) is 0 Å². The second-order valence-corrected chi connectivity index (χ2v) is 5.04. The van der Waals surface area contributed by atoms with Crippen LogP contribution in [0.2, 0.25) is 0 Å². The summed E-state index contributed by atoms with van der Waals surface area (Å²) >= 11 is 5.85. The van der Waals surface area contributed by atoms with Gasteiger partial charge in [-0.25, -0.2) is 0 Å². The Morgan fingerprint density at radius 2 is 1.94 bits per heavy atom. The quantitative estimate of drug-likeness (QED) is 0.748. The molecule has 2 atom stereocenters. The molecule has 94 valence electrons. The average molecular weight is 254 g/mol. The van der Waals surface area contributed by atoms with E-state index in [4.69, 9.17) is 11.6 Å². The molecule has 0 aliphatic carbocycles. The van der Waals surface area contributed by atoms with Crippen molar-refractivity contribution in [1.82, 2.24) is 0 Å². The van der Waals surface area contributed by atoms with Crippen LogP contribution in [0.3, 0.4) is 0 Å². The van der Waals surface area contributed by atoms with Crippen molar-refractivity contribution in [3.63, 3.8) is 0 Å². The van der Waals surface area contributed by atoms with Crippen molar-refractivity contribution in [3.8, 4) is 0 Å². The topological polar surface area (TPSA) is 20.3 Å². The number of para-hydroxylation sites is 1. The van der Waals surface area contributed by atoms with Crippen molar-refractivity contribution in [3.05, 3.63) is 29.8 Å². The maximum atomic E-state index is 11.9. The van der Waals surface area contributed by atoms with Crippen LogP contribution in [0.4, 0.5) is 5.69 Å². The number of benzene rings is 1. The molecule has 3 heteroatoms. The molecule has 1 aromatic carbocycles. The van der Waals surface area contributed by atoms with E-state index in [1.54, 1.807) is 18.9 Å². The predicted molar refractivity (Wildman–Crippen MR) is 73.9 cm³/mol. The van der Waals surface area contributed by atoms with Crippen LogP contribution in [-0.2, 0) is 4.79 Å². The minimum atomic E-state index is -0.495. The van der Waals surface area contributed by atoms with Crippen LogP contribution in [0.1, 0.15) is 38.7 Å². The molecule has 1 aromatic rings. The lowest BCUT2D eigenvalue weighted by molar-refractivity contribution is -0.117. The molecule has 1 amide bonds. The fraction of sp³-hybridized carbons (Fsp3) is 0.500. The third-order valence-electron chi connectivity index (χ3n) is 3.11. The second kappa shape index (κ2) is 6.06. The van der Waals surface area contributed by atoms with Crippen molar-refractivity contribution < 1.29 is 4.79 Å². The number of carbonyl (C=O) groups is 1. The van der Waals surface area contributed by atoms with Crippen molar-refractivity contribution in [2.75, 3.05) is 11.9 Å². The van der Waals surface area contributed by atoms with E-state index in [1.165, 1.54) is 5.56 Å². The maximum Gasteiger partial charge on any atom is 0.244 e. The van der Waals surface area contributed by atoms with E-state index in [0.29, 0.717) is 5.92 Å². The SMILES string of the molecule is CCC(C)c1ccccc1N(C)C(=O)C(C)Cl. The minimum absolute atomic E-state index is 0.0672. The van der Waals surface area contributed by atoms with Gasteiger partial charge in [-0.1, -0.05) is 32.0 Å². The standard InChI is InChI=1S/C14H20ClNO/c1-5-10(2)12-8-6-7-9-13(12)16(4)14(17)11(3)15/h6-11H,5H2,1-4H3. The molecule has 0 aliphatic heterocycles. The van der Waals surface area contributed by atoms with Crippen LogP contribution in [-0.4, -0.2) is 18.3 Å². The minimum Gasteiger partial charge on any atom is -0.314 e. The molecule has 2 nitrogen and oxygen atoms in total. The molecule has 0 saturated carbocycles. The number of carbonyl (C=O) groups excluding carboxylic acids is 1. The van der Waals surface area contributed by atoms with E-state index in [-0.39, 0.29) is 5.91 Å². The van der Waals surface area contributed by atoms with Crippen LogP contribution < -0.4 is 4.90 Å². The number of alkyl halides is 1. The summed E-state index contributed by atoms with van der Waals surface area (Å²) in [4.78, 5) is 13.6. The highest BCUT2D eigenvalue weighted by molar-refractivity contribution is 6.32. The molecule has 0 aliphatic rings. The summed E-state index contributed by atoms with van der Waals surface area (Å²) in [5.74, 6) is 0.370. The summed E-state index contributed by atoms with van der Waals surface area (Å²) in [6.45, 7) is 6.01. The number of rotatable bonds is 4. The fourth-order valence-electron chi connectivity index (χ4n) is 1.82. The summed E-state index contributed by atoms with van der Waals surface area (Å²) in [6.07, 6.45) is 1.05. The first-order chi connectivity index (χ1) is 7.99. The first-order valence-electron chi connectivity index (χ1n) is 5.99. The van der Waals surface area contributed by atoms with E-state index in [1.807, 2.05) is 18.2 Å². The van der Waals surface area contributed by atoms with Crippen molar-refractivity contribution >= 4 is 23.2 Å². The zero-order valence-corrected chi connectivity index (χ0v) is 11.7. The molecule has 0 fully saturated rings. The van der Waals surface area contributed by atoms with Crippen LogP contribution in [0.15, 0.2) is 24.3 Å². The number of hydrogen-bond acceptors (Lipinski definition) is 1. The molecule has 17 heavy (non-hydrogen) atoms. The molecule has 0 saturated heterocycles. The summed E-state index contributed by atoms with van der Waals surface area (Å²) in [6, 6.07) is 8.00. The summed E-state index contributed by atoms with van der Waals surface area (Å²) < 4.78 is 0. The largest absolute Gasteiger partial charge is 0.314 e. The highest BCUT2D eigenvalue weighted by atomic mass is 35.5. The van der Waals surface area contributed by atoms with E-state index in [2.05, 4.69) is 19.9 Å². The first-order valence-corrected chi connectivity index (χ1v) is 6.43. The average Bonchev–Trinajstić information content (AvgIpc) is 2.35. The number of amides is 1. The number of hydrogen-bond donors (Lipinski definition) is 0. The Kier molecular flexibility index (Phi) is 5.01. The molecule has 0 spiro atoms. The summed E-state index contributed by atoms with van der Waals surface area (Å²) in [5, 5.41) is -0.495. The third kappa shape index (κ3) is 3.22. The highest BCUT2D eigenvalue weighted by Gasteiger charge is 2.19. The zero-order chi connectivity index (χ0) is 13.0. The molecular weight excluding hydrogens is 234 g/mol. The van der Waals surface area contributed by atoms with Crippen LogP contribution >= 0.6 is 11.6 Å². The monoisotopic (exact) mass is 253 g/mol. The molecule has 2 unspecified atom stereocenters. The molecule has 1 rings (SSSR count). The smallest absolute Gasteiger partial charge is 0.244 e. The second-order valence-electron chi connectivity index (χ2n) is 4.38. The van der Waals surface area contributed by atoms with E-state index in [9.17, 15) is 4.79 Å². The normalized spacial score (nSPS) is 14.2. The lowest BCUT2D eigenvalue weighted by Crippen LogP contribution is -2.32. The van der Waals surface area contributed by atoms with Gasteiger partial charge in [0.1, 0.15) is 5.38 Å². The molecule has 0 N–H and O–H groups in total. The lowest BCUT2D eigenvalue weighted by Gasteiger charge is -2.24. The summed E-state index contributed by atoms with van der Waals surface area (Å²) in [5.41, 5.74) is 2.16. The van der Waals surface area contributed by atoms with E-state index >= 15 is 0 Å². The molecule has 0 aromatic heterocycles. The van der Waals surface area contributed by atoms with Gasteiger partial charge in [0.25, 0.3) is 0 Å². The number of anilines is 1. The van der Waals surface area contributed by atoms with Gasteiger partial charge in [-0.05, 0) is 30.9 Å². The van der Waals surface area contributed by atoms with Gasteiger partial charge in [0.05, 0.1) is 0 Å².